The van der Waals surface area contributed by atoms with Crippen LogP contribution in [-0.2, 0) is 21.1 Å². The first kappa shape index (κ1) is 11.1. The molecule has 0 spiro atoms. The first-order chi connectivity index (χ1) is 5.15. The second-order valence-corrected chi connectivity index (χ2v) is 1.62. The number of nitriles is 1. The van der Waals surface area contributed by atoms with E-state index in [2.05, 4.69) is 4.98 Å². The molecule has 0 radical (unpaired) electrons. The van der Waals surface area contributed by atoms with E-state index in [0.29, 0.717) is 0 Å². The van der Waals surface area contributed by atoms with Gasteiger partial charge in [-0.25, -0.2) is 9.37 Å². The largest absolute Gasteiger partial charge is 0.282 e. The Morgan fingerprint density at radius 1 is 1.33 bits per heavy atom. The Kier molecular flexibility index (Phi) is 3.91. The molecule has 0 unspecified atom stereocenters. The fourth-order valence-corrected chi connectivity index (χ4v) is 0.478. The summed E-state index contributed by atoms with van der Waals surface area (Å²) in [5.41, 5.74) is -0.610. The van der Waals surface area contributed by atoms with Crippen molar-refractivity contribution < 1.29 is 34.2 Å². The third-order valence-electron chi connectivity index (χ3n) is 0.918. The van der Waals surface area contributed by atoms with Gasteiger partial charge in [-0.05, 0) is 6.07 Å². The van der Waals surface area contributed by atoms with E-state index in [0.717, 1.165) is 0 Å². The van der Waals surface area contributed by atoms with Crippen molar-refractivity contribution in [2.24, 2.45) is 0 Å². The molecule has 0 fully saturated rings. The standard InChI is InChI=1S/C6F3N2.W/c7-4-1-3(2-10)11-6(9)5(4)8;/q-1;. The van der Waals surface area contributed by atoms with Crippen molar-refractivity contribution in [2.75, 3.05) is 0 Å². The number of rotatable bonds is 0. The minimum absolute atomic E-state index is 0. The van der Waals surface area contributed by atoms with E-state index < -0.39 is 23.3 Å². The van der Waals surface area contributed by atoms with Gasteiger partial charge in [0.05, 0.1) is 5.82 Å². The van der Waals surface area contributed by atoms with Crippen LogP contribution in [0.3, 0.4) is 0 Å². The monoisotopic (exact) mass is 341 g/mol. The Balaban J connectivity index is 0.00000121. The zero-order chi connectivity index (χ0) is 8.43. The van der Waals surface area contributed by atoms with Crippen molar-refractivity contribution in [1.82, 2.24) is 4.98 Å². The SMILES string of the molecule is N#Cc1[c-]c(F)c(F)c(F)n1.[W]. The average molecular weight is 341 g/mol. The van der Waals surface area contributed by atoms with Crippen LogP contribution in [0, 0.1) is 35.0 Å². The zero-order valence-corrected chi connectivity index (χ0v) is 8.37. The number of aromatic nitrogens is 1. The molecule has 0 saturated heterocycles. The summed E-state index contributed by atoms with van der Waals surface area (Å²) in [5.74, 6) is -4.88. The van der Waals surface area contributed by atoms with Gasteiger partial charge in [0, 0.05) is 26.8 Å². The first-order valence-corrected chi connectivity index (χ1v) is 2.49. The van der Waals surface area contributed by atoms with Gasteiger partial charge in [-0.15, -0.1) is 6.07 Å². The Hall–Kier alpha value is -0.882. The molecular formula is C6F3N2W-. The van der Waals surface area contributed by atoms with E-state index in [1.54, 1.807) is 6.07 Å². The third-order valence-corrected chi connectivity index (χ3v) is 0.918. The Morgan fingerprint density at radius 3 is 2.33 bits per heavy atom. The zero-order valence-electron chi connectivity index (χ0n) is 5.44. The molecule has 0 aliphatic carbocycles. The molecule has 62 valence electrons. The Morgan fingerprint density at radius 2 is 1.92 bits per heavy atom. The molecule has 0 amide bonds. The molecular weight excluding hydrogens is 341 g/mol. The van der Waals surface area contributed by atoms with Crippen LogP contribution in [-0.4, -0.2) is 4.98 Å². The molecule has 0 N–H and O–H groups in total. The number of nitrogens with zero attached hydrogens (tertiary/aromatic N) is 2. The summed E-state index contributed by atoms with van der Waals surface area (Å²) in [6.45, 7) is 0. The molecule has 12 heavy (non-hydrogen) atoms. The summed E-state index contributed by atoms with van der Waals surface area (Å²) < 4.78 is 36.4. The van der Waals surface area contributed by atoms with Gasteiger partial charge in [0.15, 0.2) is 5.95 Å². The maximum atomic E-state index is 12.2. The minimum atomic E-state index is -1.72. The van der Waals surface area contributed by atoms with Crippen LogP contribution >= 0.6 is 0 Å². The van der Waals surface area contributed by atoms with Gasteiger partial charge in [-0.2, -0.15) is 4.39 Å². The summed E-state index contributed by atoms with van der Waals surface area (Å²) in [6.07, 6.45) is 0. The normalized spacial score (nSPS) is 8.50. The van der Waals surface area contributed by atoms with Crippen LogP contribution in [0.15, 0.2) is 0 Å². The molecule has 1 heterocycles. The van der Waals surface area contributed by atoms with Crippen LogP contribution in [0.5, 0.6) is 0 Å². The van der Waals surface area contributed by atoms with Crippen molar-refractivity contribution in [3.05, 3.63) is 29.3 Å². The predicted molar refractivity (Wildman–Crippen MR) is 27.7 cm³/mol. The van der Waals surface area contributed by atoms with Crippen LogP contribution in [0.2, 0.25) is 0 Å². The number of halogens is 3. The smallest absolute Gasteiger partial charge is 0.194 e. The molecule has 1 rings (SSSR count). The van der Waals surface area contributed by atoms with Gasteiger partial charge in [0.1, 0.15) is 5.82 Å². The van der Waals surface area contributed by atoms with Crippen molar-refractivity contribution in [2.45, 2.75) is 0 Å². The second kappa shape index (κ2) is 4.22. The van der Waals surface area contributed by atoms with Crippen molar-refractivity contribution >= 4 is 0 Å². The van der Waals surface area contributed by atoms with Crippen LogP contribution < -0.4 is 0 Å². The number of hydrogen-bond donors (Lipinski definition) is 0. The number of pyridine rings is 1. The molecule has 0 aromatic carbocycles. The average Bonchev–Trinajstić information content (AvgIpc) is 1.99. The molecule has 6 heteroatoms. The molecule has 0 atom stereocenters. The van der Waals surface area contributed by atoms with Crippen molar-refractivity contribution in [3.8, 4) is 6.07 Å². The maximum Gasteiger partial charge on any atom is 0.194 e. The van der Waals surface area contributed by atoms with Crippen molar-refractivity contribution in [3.63, 3.8) is 0 Å². The summed E-state index contributed by atoms with van der Waals surface area (Å²) in [6, 6.07) is 2.93. The quantitative estimate of drug-likeness (QED) is 0.525. The number of hydrogen-bond acceptors (Lipinski definition) is 2. The molecule has 0 bridgehead atoms. The Labute approximate surface area is 80.3 Å². The maximum absolute atomic E-state index is 12.2. The van der Waals surface area contributed by atoms with Gasteiger partial charge < -0.3 is 0 Å². The summed E-state index contributed by atoms with van der Waals surface area (Å²) >= 11 is 0. The summed E-state index contributed by atoms with van der Waals surface area (Å²) in [7, 11) is 0. The fraction of sp³-hybridized carbons (Fsp3) is 0. The van der Waals surface area contributed by atoms with Gasteiger partial charge in [-0.1, -0.05) is 0 Å². The van der Waals surface area contributed by atoms with E-state index >= 15 is 0 Å². The van der Waals surface area contributed by atoms with E-state index in [-0.39, 0.29) is 21.1 Å². The van der Waals surface area contributed by atoms with E-state index in [1.807, 2.05) is 0 Å². The predicted octanol–water partition coefficient (Wildman–Crippen LogP) is 1.17. The van der Waals surface area contributed by atoms with Gasteiger partial charge in [0.2, 0.25) is 0 Å². The van der Waals surface area contributed by atoms with Crippen molar-refractivity contribution in [1.29, 1.82) is 5.26 Å². The van der Waals surface area contributed by atoms with E-state index in [9.17, 15) is 13.2 Å². The summed E-state index contributed by atoms with van der Waals surface area (Å²) in [4.78, 5) is 2.75. The summed E-state index contributed by atoms with van der Waals surface area (Å²) in [5, 5.41) is 8.08. The third kappa shape index (κ3) is 2.05. The molecule has 0 saturated carbocycles. The second-order valence-electron chi connectivity index (χ2n) is 1.62. The fourth-order valence-electron chi connectivity index (χ4n) is 0.478. The van der Waals surface area contributed by atoms with Crippen LogP contribution in [0.1, 0.15) is 5.69 Å². The minimum Gasteiger partial charge on any atom is -0.282 e. The van der Waals surface area contributed by atoms with E-state index in [4.69, 9.17) is 5.26 Å². The van der Waals surface area contributed by atoms with Gasteiger partial charge >= 0.3 is 0 Å². The van der Waals surface area contributed by atoms with Gasteiger partial charge in [0.25, 0.3) is 0 Å². The molecule has 1 aromatic heterocycles. The van der Waals surface area contributed by atoms with Crippen LogP contribution in [0.4, 0.5) is 13.2 Å². The van der Waals surface area contributed by atoms with E-state index in [1.165, 1.54) is 6.07 Å². The Bertz CT molecular complexity index is 311. The first-order valence-electron chi connectivity index (χ1n) is 2.49. The molecule has 1 aromatic rings. The van der Waals surface area contributed by atoms with Crippen LogP contribution in [0.25, 0.3) is 0 Å². The van der Waals surface area contributed by atoms with Gasteiger partial charge in [-0.3, -0.25) is 9.65 Å². The topological polar surface area (TPSA) is 36.7 Å². The molecule has 0 aliphatic rings. The molecule has 0 aliphatic heterocycles. The molecule has 2 nitrogen and oxygen atoms in total.